The first kappa shape index (κ1) is 13.6. The van der Waals surface area contributed by atoms with Crippen molar-refractivity contribution in [1.82, 2.24) is 14.5 Å². The molecule has 2 heterocycles. The molecule has 1 aromatic rings. The molecule has 1 fully saturated rings. The highest BCUT2D eigenvalue weighted by Gasteiger charge is 2.28. The van der Waals surface area contributed by atoms with Gasteiger partial charge in [-0.25, -0.2) is 4.98 Å². The summed E-state index contributed by atoms with van der Waals surface area (Å²) in [6, 6.07) is 0.311. The van der Waals surface area contributed by atoms with E-state index in [4.69, 9.17) is 0 Å². The zero-order chi connectivity index (χ0) is 13.0. The van der Waals surface area contributed by atoms with E-state index in [1.54, 1.807) is 0 Å². The van der Waals surface area contributed by atoms with Gasteiger partial charge >= 0.3 is 0 Å². The molecule has 1 aromatic heterocycles. The van der Waals surface area contributed by atoms with Crippen LogP contribution in [0.2, 0.25) is 0 Å². The van der Waals surface area contributed by atoms with E-state index in [1.165, 1.54) is 12.8 Å². The van der Waals surface area contributed by atoms with Crippen molar-refractivity contribution in [1.29, 1.82) is 0 Å². The van der Waals surface area contributed by atoms with Gasteiger partial charge in [-0.3, -0.25) is 4.90 Å². The van der Waals surface area contributed by atoms with Crippen LogP contribution in [-0.4, -0.2) is 38.2 Å². The molecule has 18 heavy (non-hydrogen) atoms. The highest BCUT2D eigenvalue weighted by Crippen LogP contribution is 2.23. The summed E-state index contributed by atoms with van der Waals surface area (Å²) in [4.78, 5) is 6.85. The number of aromatic nitrogens is 2. The van der Waals surface area contributed by atoms with Gasteiger partial charge in [-0.15, -0.1) is 0 Å². The number of rotatable bonds is 5. The summed E-state index contributed by atoms with van der Waals surface area (Å²) in [6.45, 7) is 7.11. The van der Waals surface area contributed by atoms with Gasteiger partial charge in [0.2, 0.25) is 0 Å². The summed E-state index contributed by atoms with van der Waals surface area (Å²) in [5, 5.41) is 10.1. The summed E-state index contributed by atoms with van der Waals surface area (Å²) in [5.41, 5.74) is 0. The van der Waals surface area contributed by atoms with Gasteiger partial charge in [0.25, 0.3) is 0 Å². The van der Waals surface area contributed by atoms with Crippen molar-refractivity contribution < 1.29 is 5.11 Å². The third kappa shape index (κ3) is 2.93. The first-order valence-electron chi connectivity index (χ1n) is 7.18. The number of aliphatic hydroxyl groups excluding tert-OH is 1. The molecule has 0 radical (unpaired) electrons. The normalized spacial score (nSPS) is 23.2. The summed E-state index contributed by atoms with van der Waals surface area (Å²) in [6.07, 6.45) is 8.12. The van der Waals surface area contributed by atoms with Crippen molar-refractivity contribution in [3.8, 4) is 0 Å². The molecule has 4 nitrogen and oxygen atoms in total. The van der Waals surface area contributed by atoms with Crippen molar-refractivity contribution in [3.05, 3.63) is 18.2 Å². The maximum absolute atomic E-state index is 10.1. The molecule has 0 spiro atoms. The van der Waals surface area contributed by atoms with E-state index in [2.05, 4.69) is 28.3 Å². The third-order valence-electron chi connectivity index (χ3n) is 4.01. The highest BCUT2D eigenvalue weighted by atomic mass is 16.3. The van der Waals surface area contributed by atoms with Gasteiger partial charge in [0.05, 0.1) is 12.6 Å². The largest absolute Gasteiger partial charge is 0.392 e. The molecule has 0 bridgehead atoms. The topological polar surface area (TPSA) is 41.3 Å². The van der Waals surface area contributed by atoms with Crippen LogP contribution in [0.4, 0.5) is 0 Å². The van der Waals surface area contributed by atoms with E-state index in [9.17, 15) is 5.11 Å². The second-order valence-corrected chi connectivity index (χ2v) is 5.14. The third-order valence-corrected chi connectivity index (χ3v) is 4.01. The standard InChI is InChI=1S/C14H25N3O/c1-3-13(18)12-7-5-6-9-17(12)11-14-15-8-10-16(14)4-2/h8,10,12-13,18H,3-7,9,11H2,1-2H3. The summed E-state index contributed by atoms with van der Waals surface area (Å²) in [5.74, 6) is 1.12. The minimum atomic E-state index is -0.199. The Kier molecular flexibility index (Phi) is 4.78. The lowest BCUT2D eigenvalue weighted by Crippen LogP contribution is -2.46. The lowest BCUT2D eigenvalue weighted by atomic mass is 9.96. The van der Waals surface area contributed by atoms with Gasteiger partial charge in [0, 0.05) is 25.0 Å². The van der Waals surface area contributed by atoms with Gasteiger partial charge in [0.1, 0.15) is 5.82 Å². The average Bonchev–Trinajstić information content (AvgIpc) is 2.86. The highest BCUT2D eigenvalue weighted by molar-refractivity contribution is 4.94. The zero-order valence-electron chi connectivity index (χ0n) is 11.5. The molecule has 1 aliphatic rings. The van der Waals surface area contributed by atoms with Gasteiger partial charge in [-0.05, 0) is 32.7 Å². The van der Waals surface area contributed by atoms with Gasteiger partial charge < -0.3 is 9.67 Å². The van der Waals surface area contributed by atoms with Crippen molar-refractivity contribution in [2.45, 2.75) is 64.8 Å². The quantitative estimate of drug-likeness (QED) is 0.870. The van der Waals surface area contributed by atoms with Crippen molar-refractivity contribution in [3.63, 3.8) is 0 Å². The van der Waals surface area contributed by atoms with Crippen LogP contribution in [-0.2, 0) is 13.1 Å². The van der Waals surface area contributed by atoms with Gasteiger partial charge in [0.15, 0.2) is 0 Å². The molecule has 0 aromatic carbocycles. The van der Waals surface area contributed by atoms with Crippen LogP contribution in [0.5, 0.6) is 0 Å². The van der Waals surface area contributed by atoms with E-state index in [1.807, 2.05) is 12.4 Å². The molecule has 4 heteroatoms. The Balaban J connectivity index is 2.05. The van der Waals surface area contributed by atoms with Crippen LogP contribution < -0.4 is 0 Å². The maximum atomic E-state index is 10.1. The first-order valence-corrected chi connectivity index (χ1v) is 7.18. The minimum absolute atomic E-state index is 0.199. The van der Waals surface area contributed by atoms with Crippen LogP contribution >= 0.6 is 0 Å². The molecule has 1 aliphatic heterocycles. The second-order valence-electron chi connectivity index (χ2n) is 5.14. The average molecular weight is 251 g/mol. The predicted molar refractivity (Wildman–Crippen MR) is 72.2 cm³/mol. The van der Waals surface area contributed by atoms with E-state index >= 15 is 0 Å². The molecular weight excluding hydrogens is 226 g/mol. The van der Waals surface area contributed by atoms with E-state index < -0.39 is 0 Å². The number of imidazole rings is 1. The van der Waals surface area contributed by atoms with Crippen LogP contribution in [0.15, 0.2) is 12.4 Å². The van der Waals surface area contributed by atoms with E-state index in [0.717, 1.165) is 38.3 Å². The Hall–Kier alpha value is -0.870. The zero-order valence-corrected chi connectivity index (χ0v) is 11.5. The maximum Gasteiger partial charge on any atom is 0.122 e. The molecule has 1 saturated heterocycles. The SMILES string of the molecule is CCC(O)C1CCCCN1Cc1nccn1CC. The fourth-order valence-corrected chi connectivity index (χ4v) is 2.88. The van der Waals surface area contributed by atoms with E-state index in [-0.39, 0.29) is 6.10 Å². The van der Waals surface area contributed by atoms with Crippen molar-refractivity contribution in [2.75, 3.05) is 6.54 Å². The molecule has 0 aliphatic carbocycles. The van der Waals surface area contributed by atoms with Crippen LogP contribution in [0, 0.1) is 0 Å². The molecule has 2 rings (SSSR count). The Bertz CT molecular complexity index is 364. The second kappa shape index (κ2) is 6.34. The number of likely N-dealkylation sites (tertiary alicyclic amines) is 1. The lowest BCUT2D eigenvalue weighted by Gasteiger charge is -2.38. The molecule has 0 saturated carbocycles. The number of nitrogens with zero attached hydrogens (tertiary/aromatic N) is 3. The molecular formula is C14H25N3O. The monoisotopic (exact) mass is 251 g/mol. The lowest BCUT2D eigenvalue weighted by molar-refractivity contribution is 0.0177. The molecule has 2 atom stereocenters. The summed E-state index contributed by atoms with van der Waals surface area (Å²) in [7, 11) is 0. The van der Waals surface area contributed by atoms with Gasteiger partial charge in [-0.2, -0.15) is 0 Å². The Labute approximate surface area is 110 Å². The number of aliphatic hydroxyl groups is 1. The van der Waals surface area contributed by atoms with Crippen molar-refractivity contribution >= 4 is 0 Å². The number of hydrogen-bond acceptors (Lipinski definition) is 3. The minimum Gasteiger partial charge on any atom is -0.392 e. The molecule has 102 valence electrons. The molecule has 1 N–H and O–H groups in total. The number of aryl methyl sites for hydroxylation is 1. The Morgan fingerprint density at radius 2 is 2.28 bits per heavy atom. The van der Waals surface area contributed by atoms with Crippen LogP contribution in [0.3, 0.4) is 0 Å². The van der Waals surface area contributed by atoms with Crippen LogP contribution in [0.25, 0.3) is 0 Å². The fourth-order valence-electron chi connectivity index (χ4n) is 2.88. The smallest absolute Gasteiger partial charge is 0.122 e. The number of piperidine rings is 1. The first-order chi connectivity index (χ1) is 8.76. The van der Waals surface area contributed by atoms with Crippen LogP contribution in [0.1, 0.15) is 45.4 Å². The fraction of sp³-hybridized carbons (Fsp3) is 0.786. The number of hydrogen-bond donors (Lipinski definition) is 1. The Morgan fingerprint density at radius 3 is 3.00 bits per heavy atom. The molecule has 2 unspecified atom stereocenters. The summed E-state index contributed by atoms with van der Waals surface area (Å²) < 4.78 is 2.18. The predicted octanol–water partition coefficient (Wildman–Crippen LogP) is 2.03. The summed E-state index contributed by atoms with van der Waals surface area (Å²) >= 11 is 0. The van der Waals surface area contributed by atoms with E-state index in [0.29, 0.717) is 6.04 Å². The Morgan fingerprint density at radius 1 is 1.44 bits per heavy atom. The van der Waals surface area contributed by atoms with Crippen molar-refractivity contribution in [2.24, 2.45) is 0 Å². The molecule has 0 amide bonds. The van der Waals surface area contributed by atoms with Gasteiger partial charge in [-0.1, -0.05) is 13.3 Å².